The first-order valence-electron chi connectivity index (χ1n) is 10.8. The average molecular weight is 485 g/mol. The Balaban J connectivity index is 1.14. The van der Waals surface area contributed by atoms with Gasteiger partial charge in [0, 0.05) is 49.4 Å². The minimum atomic E-state index is -0.0879. The second-order valence-electron chi connectivity index (χ2n) is 8.20. The van der Waals surface area contributed by atoms with E-state index in [0.29, 0.717) is 16.4 Å². The Bertz CT molecular complexity index is 1250. The molecule has 1 fully saturated rings. The molecule has 1 aliphatic rings. The van der Waals surface area contributed by atoms with E-state index < -0.39 is 0 Å². The van der Waals surface area contributed by atoms with E-state index in [0.717, 1.165) is 53.5 Å². The Kier molecular flexibility index (Phi) is 6.07. The molecule has 1 amide bonds. The predicted octanol–water partition coefficient (Wildman–Crippen LogP) is 5.33. The third-order valence-electron chi connectivity index (χ3n) is 6.03. The molecule has 2 aromatic carbocycles. The normalized spacial score (nSPS) is 15.0. The number of nitrogens with zero attached hydrogens (tertiary/aromatic N) is 3. The smallest absolute Gasteiger partial charge is 0.262 e. The van der Waals surface area contributed by atoms with Crippen LogP contribution in [0.1, 0.15) is 20.8 Å². The van der Waals surface area contributed by atoms with Gasteiger partial charge < -0.3 is 10.2 Å². The van der Waals surface area contributed by atoms with Crippen LogP contribution in [0.25, 0.3) is 20.3 Å². The summed E-state index contributed by atoms with van der Waals surface area (Å²) in [5.41, 5.74) is 3.67. The van der Waals surface area contributed by atoms with Crippen LogP contribution in [0.2, 0.25) is 5.02 Å². The van der Waals surface area contributed by atoms with Crippen molar-refractivity contribution in [3.8, 4) is 0 Å². The zero-order valence-electron chi connectivity index (χ0n) is 18.2. The molecule has 0 aliphatic carbocycles. The largest absolute Gasteiger partial charge is 0.350 e. The lowest BCUT2D eigenvalue weighted by Gasteiger charge is -2.34. The highest BCUT2D eigenvalue weighted by molar-refractivity contribution is 7.22. The van der Waals surface area contributed by atoms with Crippen LogP contribution < -0.4 is 10.2 Å². The average Bonchev–Trinajstić information content (AvgIpc) is 3.40. The number of aryl methyl sites for hydroxylation is 2. The van der Waals surface area contributed by atoms with Gasteiger partial charge in [0.1, 0.15) is 4.88 Å². The van der Waals surface area contributed by atoms with Gasteiger partial charge in [-0.1, -0.05) is 53.3 Å². The van der Waals surface area contributed by atoms with Gasteiger partial charge in [-0.25, -0.2) is 4.98 Å². The SMILES string of the molecule is Cc1ccc(C)c2sc(N3CCN(CCNC(=O)c4sc5ccccc5c4Cl)CC3)nc12. The summed E-state index contributed by atoms with van der Waals surface area (Å²) in [6.07, 6.45) is 0. The molecule has 2 aromatic heterocycles. The monoisotopic (exact) mass is 484 g/mol. The fourth-order valence-corrected chi connectivity index (χ4v) is 6.71. The number of thiophene rings is 1. The number of thiazole rings is 1. The lowest BCUT2D eigenvalue weighted by molar-refractivity contribution is 0.0952. The number of benzene rings is 2. The van der Waals surface area contributed by atoms with E-state index in [1.54, 1.807) is 11.3 Å². The maximum atomic E-state index is 12.6. The molecule has 0 bridgehead atoms. The first kappa shape index (κ1) is 21.6. The molecular formula is C24H25ClN4OS2. The number of fused-ring (bicyclic) bond motifs is 2. The van der Waals surface area contributed by atoms with Crippen molar-refractivity contribution in [3.63, 3.8) is 0 Å². The summed E-state index contributed by atoms with van der Waals surface area (Å²) >= 11 is 9.68. The van der Waals surface area contributed by atoms with Gasteiger partial charge in [0.2, 0.25) is 0 Å². The van der Waals surface area contributed by atoms with Gasteiger partial charge in [-0.15, -0.1) is 11.3 Å². The van der Waals surface area contributed by atoms with E-state index in [1.807, 2.05) is 24.3 Å². The first-order chi connectivity index (χ1) is 15.5. The van der Waals surface area contributed by atoms with E-state index in [1.165, 1.54) is 27.2 Å². The molecule has 1 N–H and O–H groups in total. The van der Waals surface area contributed by atoms with Crippen LogP contribution in [0.3, 0.4) is 0 Å². The number of hydrogen-bond donors (Lipinski definition) is 1. The number of hydrogen-bond acceptors (Lipinski definition) is 6. The third kappa shape index (κ3) is 4.10. The van der Waals surface area contributed by atoms with Crippen LogP contribution in [0.5, 0.6) is 0 Å². The number of aromatic nitrogens is 1. The molecule has 32 heavy (non-hydrogen) atoms. The zero-order chi connectivity index (χ0) is 22.2. The van der Waals surface area contributed by atoms with Crippen LogP contribution in [0.15, 0.2) is 36.4 Å². The first-order valence-corrected chi connectivity index (χ1v) is 12.8. The van der Waals surface area contributed by atoms with E-state index >= 15 is 0 Å². The Labute approximate surface area is 200 Å². The summed E-state index contributed by atoms with van der Waals surface area (Å²) in [6, 6.07) is 12.2. The van der Waals surface area contributed by atoms with E-state index in [-0.39, 0.29) is 5.91 Å². The molecular weight excluding hydrogens is 460 g/mol. The second kappa shape index (κ2) is 8.98. The van der Waals surface area contributed by atoms with Gasteiger partial charge in [0.15, 0.2) is 5.13 Å². The number of nitrogens with one attached hydrogen (secondary N) is 1. The second-order valence-corrected chi connectivity index (χ2v) is 10.6. The Morgan fingerprint density at radius 3 is 2.56 bits per heavy atom. The number of carbonyl (C=O) groups excluding carboxylic acids is 1. The Morgan fingerprint density at radius 1 is 1.06 bits per heavy atom. The topological polar surface area (TPSA) is 48.5 Å². The summed E-state index contributed by atoms with van der Waals surface area (Å²) in [6.45, 7) is 9.57. The predicted molar refractivity (Wildman–Crippen MR) is 137 cm³/mol. The van der Waals surface area contributed by atoms with Gasteiger partial charge in [0.05, 0.1) is 15.2 Å². The molecule has 0 saturated carbocycles. The summed E-state index contributed by atoms with van der Waals surface area (Å²) in [7, 11) is 0. The Hall–Kier alpha value is -2.19. The van der Waals surface area contributed by atoms with Crippen LogP contribution in [0.4, 0.5) is 5.13 Å². The number of amides is 1. The molecule has 5 rings (SSSR count). The van der Waals surface area contributed by atoms with Gasteiger partial charge in [-0.05, 0) is 31.0 Å². The zero-order valence-corrected chi connectivity index (χ0v) is 20.5. The number of piperazine rings is 1. The van der Waals surface area contributed by atoms with Crippen molar-refractivity contribution >= 4 is 65.6 Å². The number of rotatable bonds is 5. The maximum absolute atomic E-state index is 12.6. The van der Waals surface area contributed by atoms with Crippen molar-refractivity contribution in [1.82, 2.24) is 15.2 Å². The molecule has 0 atom stereocenters. The van der Waals surface area contributed by atoms with Crippen LogP contribution in [0, 0.1) is 13.8 Å². The van der Waals surface area contributed by atoms with Crippen molar-refractivity contribution in [2.45, 2.75) is 13.8 Å². The van der Waals surface area contributed by atoms with Crippen LogP contribution >= 0.6 is 34.3 Å². The van der Waals surface area contributed by atoms with Crippen LogP contribution in [-0.4, -0.2) is 55.1 Å². The molecule has 4 aromatic rings. The van der Waals surface area contributed by atoms with Gasteiger partial charge in [0.25, 0.3) is 5.91 Å². The number of halogens is 1. The molecule has 0 radical (unpaired) electrons. The van der Waals surface area contributed by atoms with Gasteiger partial charge in [-0.2, -0.15) is 0 Å². The van der Waals surface area contributed by atoms with Gasteiger partial charge in [-0.3, -0.25) is 9.69 Å². The molecule has 5 nitrogen and oxygen atoms in total. The molecule has 0 unspecified atom stereocenters. The fraction of sp³-hybridized carbons (Fsp3) is 0.333. The Morgan fingerprint density at radius 2 is 1.81 bits per heavy atom. The van der Waals surface area contributed by atoms with E-state index in [2.05, 4.69) is 41.1 Å². The standard InChI is InChI=1S/C24H25ClN4OS2/c1-15-7-8-16(2)21-20(15)27-24(32-21)29-13-11-28(12-14-29)10-9-26-23(30)22-19(25)17-5-3-4-6-18(17)31-22/h3-8H,9-14H2,1-2H3,(H,26,30). The highest BCUT2D eigenvalue weighted by atomic mass is 35.5. The molecule has 1 saturated heterocycles. The van der Waals surface area contributed by atoms with Gasteiger partial charge >= 0.3 is 0 Å². The van der Waals surface area contributed by atoms with Crippen molar-refractivity contribution in [1.29, 1.82) is 0 Å². The molecule has 3 heterocycles. The lowest BCUT2D eigenvalue weighted by atomic mass is 10.1. The fourth-order valence-electron chi connectivity index (χ4n) is 4.11. The number of anilines is 1. The summed E-state index contributed by atoms with van der Waals surface area (Å²) in [4.78, 5) is 22.9. The molecule has 0 spiro atoms. The van der Waals surface area contributed by atoms with Crippen molar-refractivity contribution < 1.29 is 4.79 Å². The quantitative estimate of drug-likeness (QED) is 0.415. The lowest BCUT2D eigenvalue weighted by Crippen LogP contribution is -2.48. The third-order valence-corrected chi connectivity index (χ3v) is 8.95. The van der Waals surface area contributed by atoms with Crippen molar-refractivity contribution in [3.05, 3.63) is 57.4 Å². The highest BCUT2D eigenvalue weighted by Gasteiger charge is 2.21. The number of carbonyl (C=O) groups is 1. The minimum absolute atomic E-state index is 0.0879. The molecule has 166 valence electrons. The van der Waals surface area contributed by atoms with E-state index in [9.17, 15) is 4.79 Å². The molecule has 1 aliphatic heterocycles. The summed E-state index contributed by atoms with van der Waals surface area (Å²) < 4.78 is 2.34. The summed E-state index contributed by atoms with van der Waals surface area (Å²) in [5.74, 6) is -0.0879. The minimum Gasteiger partial charge on any atom is -0.350 e. The summed E-state index contributed by atoms with van der Waals surface area (Å²) in [5, 5.41) is 5.66. The highest BCUT2D eigenvalue weighted by Crippen LogP contribution is 2.35. The van der Waals surface area contributed by atoms with Crippen molar-refractivity contribution in [2.24, 2.45) is 0 Å². The van der Waals surface area contributed by atoms with E-state index in [4.69, 9.17) is 16.6 Å². The molecule has 8 heteroatoms. The van der Waals surface area contributed by atoms with Crippen molar-refractivity contribution in [2.75, 3.05) is 44.2 Å². The maximum Gasteiger partial charge on any atom is 0.262 e. The van der Waals surface area contributed by atoms with Crippen LogP contribution in [-0.2, 0) is 0 Å².